The van der Waals surface area contributed by atoms with Gasteiger partial charge in [-0.15, -0.1) is 0 Å². The highest BCUT2D eigenvalue weighted by atomic mass is 79.9. The lowest BCUT2D eigenvalue weighted by atomic mass is 10.2. The second-order valence-electron chi connectivity index (χ2n) is 11.6. The molecule has 0 spiro atoms. The van der Waals surface area contributed by atoms with Crippen LogP contribution in [0.4, 0.5) is 29.5 Å². The van der Waals surface area contributed by atoms with Crippen LogP contribution in [0.15, 0.2) is 55.5 Å². The van der Waals surface area contributed by atoms with Gasteiger partial charge in [-0.2, -0.15) is 9.97 Å². The average Bonchev–Trinajstić information content (AvgIpc) is 3.81. The first-order valence-electron chi connectivity index (χ1n) is 15.6. The Hall–Kier alpha value is -5.24. The van der Waals surface area contributed by atoms with Crippen LogP contribution < -0.4 is 20.9 Å². The lowest BCUT2D eigenvalue weighted by molar-refractivity contribution is -0.118. The standard InChI is InChI=1S/2C16H12BrF2N5O2/c1-2-22-11(25)7-24-14(26)12-13(21-16(22)24)20-15(17)23(12)6-8-5-9(18)3-4-10(8)19;1-2-22-11(25)7-24-14(26)12-13(21-16(22)24)23(15(17)20-12)6-8-5-9(18)3-4-10(8)19/h2*3-5H,2,6-7H2,1H3. The zero-order valence-electron chi connectivity index (χ0n) is 27.1. The number of carbonyl (C=O) groups excluding carboxylic acids is 2. The van der Waals surface area contributed by atoms with Crippen molar-refractivity contribution in [2.24, 2.45) is 0 Å². The molecule has 8 rings (SSSR count). The summed E-state index contributed by atoms with van der Waals surface area (Å²) in [5.74, 6) is -2.32. The molecule has 0 unspecified atom stereocenters. The fraction of sp³-hybridized carbons (Fsp3) is 0.250. The number of nitrogens with zero attached hydrogens (tertiary/aromatic N) is 10. The van der Waals surface area contributed by atoms with Crippen molar-refractivity contribution in [1.82, 2.24) is 38.2 Å². The van der Waals surface area contributed by atoms with Crippen LogP contribution in [-0.2, 0) is 35.8 Å². The highest BCUT2D eigenvalue weighted by Gasteiger charge is 2.32. The second kappa shape index (κ2) is 13.4. The monoisotopic (exact) mass is 846 g/mol. The third kappa shape index (κ3) is 5.88. The minimum absolute atomic E-state index is 0.0585. The summed E-state index contributed by atoms with van der Waals surface area (Å²) in [5.41, 5.74) is -0.226. The van der Waals surface area contributed by atoms with Crippen LogP contribution in [0.3, 0.4) is 0 Å². The summed E-state index contributed by atoms with van der Waals surface area (Å²) in [6, 6.07) is 6.26. The molecule has 4 aromatic heterocycles. The Morgan fingerprint density at radius 2 is 1.15 bits per heavy atom. The van der Waals surface area contributed by atoms with Gasteiger partial charge in [-0.1, -0.05) is 0 Å². The Morgan fingerprint density at radius 3 is 1.71 bits per heavy atom. The van der Waals surface area contributed by atoms with Crippen molar-refractivity contribution < 1.29 is 27.2 Å². The van der Waals surface area contributed by atoms with E-state index in [4.69, 9.17) is 0 Å². The van der Waals surface area contributed by atoms with E-state index in [2.05, 4.69) is 51.8 Å². The van der Waals surface area contributed by atoms with Gasteiger partial charge in [-0.05, 0) is 82.1 Å². The van der Waals surface area contributed by atoms with E-state index in [-0.39, 0.29) is 92.8 Å². The number of halogens is 6. The molecule has 6 aromatic rings. The van der Waals surface area contributed by atoms with E-state index in [0.29, 0.717) is 13.1 Å². The molecule has 0 radical (unpaired) electrons. The normalized spacial score (nSPS) is 13.7. The van der Waals surface area contributed by atoms with Crippen molar-refractivity contribution in [2.75, 3.05) is 22.9 Å². The van der Waals surface area contributed by atoms with Gasteiger partial charge in [-0.3, -0.25) is 42.7 Å². The number of carbonyl (C=O) groups is 2. The van der Waals surface area contributed by atoms with Gasteiger partial charge < -0.3 is 4.57 Å². The van der Waals surface area contributed by atoms with Crippen LogP contribution in [0.25, 0.3) is 22.3 Å². The predicted octanol–water partition coefficient (Wildman–Crippen LogP) is 4.10. The summed E-state index contributed by atoms with van der Waals surface area (Å²) >= 11 is 6.49. The van der Waals surface area contributed by atoms with Gasteiger partial charge in [0.05, 0.1) is 13.1 Å². The number of benzene rings is 2. The minimum Gasteiger partial charge on any atom is -0.308 e. The van der Waals surface area contributed by atoms with E-state index in [0.717, 1.165) is 36.4 Å². The summed E-state index contributed by atoms with van der Waals surface area (Å²) in [6.45, 7) is 3.93. The number of amides is 2. The molecule has 2 amide bonds. The average molecular weight is 848 g/mol. The SMILES string of the molecule is CCN1C(=O)Cn2c1nc1c(nc(Br)n1Cc1cc(F)ccc1F)c2=O.CCN1C(=O)Cn2c1nc1nc(Br)n(Cc3cc(F)ccc3F)c1c2=O. The van der Waals surface area contributed by atoms with Crippen molar-refractivity contribution in [2.45, 2.75) is 40.0 Å². The van der Waals surface area contributed by atoms with Gasteiger partial charge in [-0.25, -0.2) is 27.5 Å². The van der Waals surface area contributed by atoms with Gasteiger partial charge in [0.2, 0.25) is 23.7 Å². The molecule has 2 aromatic carbocycles. The second-order valence-corrected chi connectivity index (χ2v) is 13.1. The first-order chi connectivity index (χ1) is 24.8. The van der Waals surface area contributed by atoms with Crippen LogP contribution >= 0.6 is 31.9 Å². The molecule has 0 N–H and O–H groups in total. The topological polar surface area (TPSA) is 146 Å². The largest absolute Gasteiger partial charge is 0.308 e. The number of imidazole rings is 2. The van der Waals surface area contributed by atoms with Crippen molar-refractivity contribution in [3.63, 3.8) is 0 Å². The Balaban J connectivity index is 0.000000162. The number of hydrogen-bond donors (Lipinski definition) is 0. The minimum atomic E-state index is -0.596. The molecule has 0 bridgehead atoms. The van der Waals surface area contributed by atoms with Crippen molar-refractivity contribution in [1.29, 1.82) is 0 Å². The highest BCUT2D eigenvalue weighted by molar-refractivity contribution is 9.10. The number of fused-ring (bicyclic) bond motifs is 4. The highest BCUT2D eigenvalue weighted by Crippen LogP contribution is 2.26. The number of hydrogen-bond acceptors (Lipinski definition) is 8. The van der Waals surface area contributed by atoms with Crippen LogP contribution in [-0.4, -0.2) is 63.1 Å². The van der Waals surface area contributed by atoms with Gasteiger partial charge in [0.1, 0.15) is 36.4 Å². The quantitative estimate of drug-likeness (QED) is 0.180. The number of anilines is 2. The molecule has 0 saturated carbocycles. The molecule has 2 aliphatic rings. The fourth-order valence-electron chi connectivity index (χ4n) is 6.08. The van der Waals surface area contributed by atoms with Gasteiger partial charge in [0.15, 0.2) is 31.8 Å². The third-order valence-electron chi connectivity index (χ3n) is 8.56. The molecule has 0 aliphatic carbocycles. The number of likely N-dealkylation sites (N-methyl/N-ethyl adjacent to an activating group) is 2. The van der Waals surface area contributed by atoms with E-state index in [9.17, 15) is 36.7 Å². The molecule has 268 valence electrons. The summed E-state index contributed by atoms with van der Waals surface area (Å²) in [6.07, 6.45) is 0. The maximum absolute atomic E-state index is 14.0. The molecular formula is C32H24Br2F4N10O4. The Morgan fingerprint density at radius 1 is 0.654 bits per heavy atom. The summed E-state index contributed by atoms with van der Waals surface area (Å²) in [7, 11) is 0. The van der Waals surface area contributed by atoms with Gasteiger partial charge >= 0.3 is 0 Å². The van der Waals surface area contributed by atoms with Gasteiger partial charge in [0, 0.05) is 24.2 Å². The molecular weight excluding hydrogens is 824 g/mol. The molecule has 2 aliphatic heterocycles. The lowest BCUT2D eigenvalue weighted by Crippen LogP contribution is -2.26. The van der Waals surface area contributed by atoms with Crippen LogP contribution in [0.5, 0.6) is 0 Å². The summed E-state index contributed by atoms with van der Waals surface area (Å²) in [5, 5.41) is 0. The molecule has 0 saturated heterocycles. The van der Waals surface area contributed by atoms with Crippen LogP contribution in [0.2, 0.25) is 0 Å². The zero-order valence-corrected chi connectivity index (χ0v) is 30.3. The molecule has 0 atom stereocenters. The van der Waals surface area contributed by atoms with E-state index >= 15 is 0 Å². The van der Waals surface area contributed by atoms with Crippen LogP contribution in [0, 0.1) is 23.3 Å². The maximum Gasteiger partial charge on any atom is 0.283 e. The van der Waals surface area contributed by atoms with Gasteiger partial charge in [0.25, 0.3) is 11.1 Å². The van der Waals surface area contributed by atoms with Crippen molar-refractivity contribution in [3.8, 4) is 0 Å². The molecule has 6 heterocycles. The van der Waals surface area contributed by atoms with Crippen molar-refractivity contribution in [3.05, 3.63) is 101 Å². The molecule has 0 fully saturated rings. The van der Waals surface area contributed by atoms with E-state index < -0.39 is 34.4 Å². The van der Waals surface area contributed by atoms with E-state index in [1.54, 1.807) is 13.8 Å². The van der Waals surface area contributed by atoms with E-state index in [1.165, 1.54) is 28.1 Å². The van der Waals surface area contributed by atoms with Crippen molar-refractivity contribution >= 4 is 77.9 Å². The molecule has 20 heteroatoms. The number of aromatic nitrogens is 8. The Bertz CT molecular complexity index is 2600. The van der Waals surface area contributed by atoms with E-state index in [1.807, 2.05) is 0 Å². The third-order valence-corrected chi connectivity index (χ3v) is 9.77. The lowest BCUT2D eigenvalue weighted by Gasteiger charge is -2.12. The molecule has 14 nitrogen and oxygen atoms in total. The maximum atomic E-state index is 14.0. The first-order valence-corrected chi connectivity index (χ1v) is 17.2. The fourth-order valence-corrected chi connectivity index (χ4v) is 7.02. The number of rotatable bonds is 6. The predicted molar refractivity (Wildman–Crippen MR) is 186 cm³/mol. The zero-order chi connectivity index (χ0) is 37.2. The summed E-state index contributed by atoms with van der Waals surface area (Å²) < 4.78 is 60.8. The smallest absolute Gasteiger partial charge is 0.283 e. The summed E-state index contributed by atoms with van der Waals surface area (Å²) in [4.78, 5) is 69.5. The van der Waals surface area contributed by atoms with Crippen LogP contribution in [0.1, 0.15) is 25.0 Å². The first kappa shape index (κ1) is 35.2. The molecule has 52 heavy (non-hydrogen) atoms. The Labute approximate surface area is 306 Å². The Kier molecular flexibility index (Phi) is 9.05.